The molecule has 0 aromatic heterocycles. The van der Waals surface area contributed by atoms with E-state index in [4.69, 9.17) is 9.47 Å². The number of hydrogen-bond acceptors (Lipinski definition) is 4. The number of methoxy groups -OCH3 is 1. The highest BCUT2D eigenvalue weighted by molar-refractivity contribution is 7.89. The van der Waals surface area contributed by atoms with Gasteiger partial charge in [-0.05, 0) is 41.2 Å². The van der Waals surface area contributed by atoms with Crippen LogP contribution in [0.3, 0.4) is 0 Å². The smallest absolute Gasteiger partial charge is 0.240 e. The van der Waals surface area contributed by atoms with Gasteiger partial charge in [-0.3, -0.25) is 0 Å². The van der Waals surface area contributed by atoms with E-state index in [1.165, 1.54) is 0 Å². The van der Waals surface area contributed by atoms with Gasteiger partial charge in [0.2, 0.25) is 10.0 Å². The zero-order valence-corrected chi connectivity index (χ0v) is 16.4. The normalized spacial score (nSPS) is 17.3. The molecule has 26 heavy (non-hydrogen) atoms. The van der Waals surface area contributed by atoms with E-state index in [0.29, 0.717) is 17.9 Å². The van der Waals surface area contributed by atoms with Crippen LogP contribution >= 0.6 is 0 Å². The summed E-state index contributed by atoms with van der Waals surface area (Å²) in [6.45, 7) is 6.56. The van der Waals surface area contributed by atoms with Crippen molar-refractivity contribution in [1.29, 1.82) is 0 Å². The summed E-state index contributed by atoms with van der Waals surface area (Å²) in [6, 6.07) is 12.4. The lowest BCUT2D eigenvalue weighted by Gasteiger charge is -2.27. The Bertz CT molecular complexity index is 883. The van der Waals surface area contributed by atoms with Gasteiger partial charge >= 0.3 is 0 Å². The average molecular weight is 375 g/mol. The molecule has 0 amide bonds. The number of fused-ring (bicyclic) bond motifs is 1. The Kier molecular flexibility index (Phi) is 4.99. The van der Waals surface area contributed by atoms with Crippen LogP contribution in [0.2, 0.25) is 0 Å². The van der Waals surface area contributed by atoms with Crippen molar-refractivity contribution in [3.63, 3.8) is 0 Å². The summed E-state index contributed by atoms with van der Waals surface area (Å²) in [5, 5.41) is 0. The van der Waals surface area contributed by atoms with Gasteiger partial charge in [0, 0.05) is 0 Å². The molecule has 0 aliphatic carbocycles. The van der Waals surface area contributed by atoms with Crippen LogP contribution in [0.15, 0.2) is 47.4 Å². The monoisotopic (exact) mass is 375 g/mol. The molecule has 6 heteroatoms. The fraction of sp³-hybridized carbons (Fsp3) is 0.400. The Hall–Kier alpha value is -2.05. The lowest BCUT2D eigenvalue weighted by Crippen LogP contribution is -2.42. The summed E-state index contributed by atoms with van der Waals surface area (Å²) in [7, 11) is -2.01. The summed E-state index contributed by atoms with van der Waals surface area (Å²) in [6.07, 6.45) is 0.561. The maximum absolute atomic E-state index is 12.7. The highest BCUT2D eigenvalue weighted by atomic mass is 32.2. The summed E-state index contributed by atoms with van der Waals surface area (Å²) in [4.78, 5) is 0.266. The third kappa shape index (κ3) is 3.86. The average Bonchev–Trinajstić information content (AvgIpc) is 2.60. The molecule has 0 fully saturated rings. The second-order valence-corrected chi connectivity index (χ2v) is 9.27. The molecule has 0 bridgehead atoms. The number of sulfonamides is 1. The Morgan fingerprint density at radius 3 is 2.42 bits per heavy atom. The van der Waals surface area contributed by atoms with Crippen LogP contribution in [0.25, 0.3) is 0 Å². The molecule has 140 valence electrons. The maximum Gasteiger partial charge on any atom is 0.240 e. The van der Waals surface area contributed by atoms with Crippen molar-refractivity contribution in [1.82, 2.24) is 4.72 Å². The Morgan fingerprint density at radius 1 is 1.12 bits per heavy atom. The first-order valence-corrected chi connectivity index (χ1v) is 10.1. The quantitative estimate of drug-likeness (QED) is 0.891. The van der Waals surface area contributed by atoms with E-state index in [1.807, 2.05) is 30.3 Å². The number of rotatable bonds is 4. The van der Waals surface area contributed by atoms with Crippen LogP contribution in [-0.4, -0.2) is 28.2 Å². The van der Waals surface area contributed by atoms with Crippen molar-refractivity contribution < 1.29 is 17.9 Å². The van der Waals surface area contributed by atoms with Gasteiger partial charge in [0.1, 0.15) is 6.61 Å². The van der Waals surface area contributed by atoms with E-state index in [9.17, 15) is 8.42 Å². The first-order valence-electron chi connectivity index (χ1n) is 8.62. The molecule has 1 N–H and O–H groups in total. The first kappa shape index (κ1) is 18.7. The second-order valence-electron chi connectivity index (χ2n) is 7.56. The molecule has 1 unspecified atom stereocenters. The lowest BCUT2D eigenvalue weighted by molar-refractivity contribution is 0.240. The minimum absolute atomic E-state index is 0.0182. The van der Waals surface area contributed by atoms with Crippen molar-refractivity contribution in [2.24, 2.45) is 0 Å². The van der Waals surface area contributed by atoms with Gasteiger partial charge in [-0.25, -0.2) is 13.1 Å². The standard InChI is InChI=1S/C20H25NO4S/c1-20(2,3)15-8-10-17(11-9-15)26(22,23)21-16-12-14-6-5-7-18(24-4)19(14)25-13-16/h5-11,16,21H,12-13H2,1-4H3. The van der Waals surface area contributed by atoms with Crippen LogP contribution < -0.4 is 14.2 Å². The van der Waals surface area contributed by atoms with Gasteiger partial charge in [-0.15, -0.1) is 0 Å². The molecule has 2 aromatic rings. The third-order valence-electron chi connectivity index (χ3n) is 4.53. The van der Waals surface area contributed by atoms with E-state index in [0.717, 1.165) is 11.1 Å². The van der Waals surface area contributed by atoms with Crippen molar-refractivity contribution in [2.45, 2.75) is 43.5 Å². The SMILES string of the molecule is COc1cccc2c1OCC(NS(=O)(=O)c1ccc(C(C)(C)C)cc1)C2. The summed E-state index contributed by atoms with van der Waals surface area (Å²) < 4.78 is 39.2. The number of para-hydroxylation sites is 1. The molecule has 2 aromatic carbocycles. The molecular weight excluding hydrogens is 350 g/mol. The largest absolute Gasteiger partial charge is 0.493 e. The minimum Gasteiger partial charge on any atom is -0.493 e. The summed E-state index contributed by atoms with van der Waals surface area (Å²) in [5.41, 5.74) is 2.01. The maximum atomic E-state index is 12.7. The van der Waals surface area contributed by atoms with Crippen LogP contribution in [0.4, 0.5) is 0 Å². The molecule has 1 atom stereocenters. The predicted molar refractivity (Wildman–Crippen MR) is 101 cm³/mol. The van der Waals surface area contributed by atoms with E-state index in [1.54, 1.807) is 19.2 Å². The van der Waals surface area contributed by atoms with Crippen molar-refractivity contribution >= 4 is 10.0 Å². The van der Waals surface area contributed by atoms with E-state index < -0.39 is 10.0 Å². The fourth-order valence-electron chi connectivity index (χ4n) is 3.05. The lowest BCUT2D eigenvalue weighted by atomic mass is 9.87. The molecule has 0 saturated heterocycles. The van der Waals surface area contributed by atoms with Gasteiger partial charge in [-0.1, -0.05) is 45.0 Å². The molecule has 1 heterocycles. The molecule has 0 spiro atoms. The zero-order chi connectivity index (χ0) is 18.9. The van der Waals surface area contributed by atoms with E-state index in [-0.39, 0.29) is 23.0 Å². The van der Waals surface area contributed by atoms with Crippen LogP contribution in [0.1, 0.15) is 31.9 Å². The number of benzene rings is 2. The molecule has 0 radical (unpaired) electrons. The highest BCUT2D eigenvalue weighted by Crippen LogP contribution is 2.34. The Morgan fingerprint density at radius 2 is 1.81 bits per heavy atom. The zero-order valence-electron chi connectivity index (χ0n) is 15.6. The predicted octanol–water partition coefficient (Wildman–Crippen LogP) is 3.27. The molecular formula is C20H25NO4S. The first-order chi connectivity index (χ1) is 12.2. The van der Waals surface area contributed by atoms with Crippen molar-refractivity contribution in [3.05, 3.63) is 53.6 Å². The second kappa shape index (κ2) is 6.93. The van der Waals surface area contributed by atoms with Gasteiger partial charge in [0.05, 0.1) is 18.0 Å². The molecule has 1 aliphatic rings. The molecule has 5 nitrogen and oxygen atoms in total. The Labute approximate surface area is 155 Å². The Balaban J connectivity index is 1.76. The van der Waals surface area contributed by atoms with E-state index in [2.05, 4.69) is 25.5 Å². The topological polar surface area (TPSA) is 64.6 Å². The van der Waals surface area contributed by atoms with Gasteiger partial charge in [0.15, 0.2) is 11.5 Å². The van der Waals surface area contributed by atoms with Gasteiger partial charge < -0.3 is 9.47 Å². The highest BCUT2D eigenvalue weighted by Gasteiger charge is 2.27. The van der Waals surface area contributed by atoms with Crippen LogP contribution in [0.5, 0.6) is 11.5 Å². The number of ether oxygens (including phenoxy) is 2. The third-order valence-corrected chi connectivity index (χ3v) is 6.06. The van der Waals surface area contributed by atoms with Crippen molar-refractivity contribution in [3.8, 4) is 11.5 Å². The van der Waals surface area contributed by atoms with E-state index >= 15 is 0 Å². The molecule has 1 aliphatic heterocycles. The fourth-order valence-corrected chi connectivity index (χ4v) is 4.27. The summed E-state index contributed by atoms with van der Waals surface area (Å²) >= 11 is 0. The summed E-state index contributed by atoms with van der Waals surface area (Å²) in [5.74, 6) is 1.36. The van der Waals surface area contributed by atoms with Crippen LogP contribution in [0, 0.1) is 0 Å². The number of nitrogens with one attached hydrogen (secondary N) is 1. The van der Waals surface area contributed by atoms with Gasteiger partial charge in [-0.2, -0.15) is 0 Å². The van der Waals surface area contributed by atoms with Gasteiger partial charge in [0.25, 0.3) is 0 Å². The molecule has 0 saturated carbocycles. The van der Waals surface area contributed by atoms with Crippen LogP contribution in [-0.2, 0) is 21.9 Å². The number of hydrogen-bond donors (Lipinski definition) is 1. The van der Waals surface area contributed by atoms with Crippen molar-refractivity contribution in [2.75, 3.05) is 13.7 Å². The molecule has 3 rings (SSSR count). The minimum atomic E-state index is -3.60.